The number of aromatic carboxylic acids is 1. The summed E-state index contributed by atoms with van der Waals surface area (Å²) in [5, 5.41) is 18.6. The van der Waals surface area contributed by atoms with Crippen LogP contribution in [0.3, 0.4) is 0 Å². The third-order valence-corrected chi connectivity index (χ3v) is 6.47. The molecule has 32 heavy (non-hydrogen) atoms. The lowest BCUT2D eigenvalue weighted by atomic mass is 10.0. The average molecular weight is 456 g/mol. The Hall–Kier alpha value is -2.62. The maximum atomic E-state index is 11.3. The topological polar surface area (TPSA) is 101 Å². The van der Waals surface area contributed by atoms with Crippen molar-refractivity contribution in [2.75, 3.05) is 18.5 Å². The molecule has 1 aromatic carbocycles. The molecule has 0 bridgehead atoms. The third-order valence-electron chi connectivity index (χ3n) is 5.70. The number of carboxylic acid groups (broad SMARTS) is 1. The van der Waals surface area contributed by atoms with E-state index in [0.29, 0.717) is 12.6 Å². The van der Waals surface area contributed by atoms with Crippen LogP contribution in [0, 0.1) is 0 Å². The highest BCUT2D eigenvalue weighted by atomic mass is 32.2. The van der Waals surface area contributed by atoms with Gasteiger partial charge in [-0.05, 0) is 56.3 Å². The lowest BCUT2D eigenvalue weighted by Crippen LogP contribution is -2.29. The quantitative estimate of drug-likeness (QED) is 0.415. The van der Waals surface area contributed by atoms with Crippen molar-refractivity contribution in [1.29, 1.82) is 0 Å². The SMILES string of the molecule is CCc1nc2c(cnn2CC)c(NC2CCOCC2)c1CNSc1cccc(C(=O)O)c1. The third kappa shape index (κ3) is 4.90. The lowest BCUT2D eigenvalue weighted by molar-refractivity contribution is 0.0696. The number of carbonyl (C=O) groups is 1. The molecule has 1 saturated heterocycles. The minimum atomic E-state index is -0.925. The summed E-state index contributed by atoms with van der Waals surface area (Å²) in [6.07, 6.45) is 4.65. The molecule has 0 amide bonds. The minimum Gasteiger partial charge on any atom is -0.478 e. The first kappa shape index (κ1) is 22.6. The average Bonchev–Trinajstić information content (AvgIpc) is 3.23. The van der Waals surface area contributed by atoms with Crippen molar-refractivity contribution in [3.05, 3.63) is 47.3 Å². The van der Waals surface area contributed by atoms with Crippen LogP contribution in [0.2, 0.25) is 0 Å². The normalized spacial score (nSPS) is 14.7. The van der Waals surface area contributed by atoms with Crippen molar-refractivity contribution in [2.24, 2.45) is 0 Å². The molecule has 9 heteroatoms. The first-order valence-corrected chi connectivity index (χ1v) is 11.9. The number of nitrogens with zero attached hydrogens (tertiary/aromatic N) is 3. The molecule has 0 saturated carbocycles. The lowest BCUT2D eigenvalue weighted by Gasteiger charge is -2.26. The predicted octanol–water partition coefficient (Wildman–Crippen LogP) is 4.10. The molecule has 0 spiro atoms. The van der Waals surface area contributed by atoms with Crippen molar-refractivity contribution < 1.29 is 14.6 Å². The number of fused-ring (bicyclic) bond motifs is 1. The van der Waals surface area contributed by atoms with Gasteiger partial charge in [0.25, 0.3) is 0 Å². The van der Waals surface area contributed by atoms with Gasteiger partial charge >= 0.3 is 5.97 Å². The zero-order chi connectivity index (χ0) is 22.5. The van der Waals surface area contributed by atoms with Gasteiger partial charge in [-0.3, -0.25) is 4.72 Å². The van der Waals surface area contributed by atoms with Crippen LogP contribution in [-0.2, 0) is 24.2 Å². The number of hydrogen-bond donors (Lipinski definition) is 3. The van der Waals surface area contributed by atoms with Gasteiger partial charge in [0.1, 0.15) is 0 Å². The number of hydrogen-bond acceptors (Lipinski definition) is 7. The van der Waals surface area contributed by atoms with Gasteiger partial charge in [0.2, 0.25) is 0 Å². The smallest absolute Gasteiger partial charge is 0.335 e. The highest BCUT2D eigenvalue weighted by Gasteiger charge is 2.21. The van der Waals surface area contributed by atoms with E-state index in [1.165, 1.54) is 11.9 Å². The van der Waals surface area contributed by atoms with E-state index < -0.39 is 5.97 Å². The molecule has 0 unspecified atom stereocenters. The van der Waals surface area contributed by atoms with Gasteiger partial charge < -0.3 is 15.2 Å². The Morgan fingerprint density at radius 3 is 2.84 bits per heavy atom. The molecule has 2 aromatic heterocycles. The number of carboxylic acids is 1. The zero-order valence-electron chi connectivity index (χ0n) is 18.4. The molecule has 3 aromatic rings. The Morgan fingerprint density at radius 1 is 1.31 bits per heavy atom. The number of nitrogens with one attached hydrogen (secondary N) is 2. The molecule has 3 N–H and O–H groups in total. The summed E-state index contributed by atoms with van der Waals surface area (Å²) in [6, 6.07) is 7.28. The predicted molar refractivity (Wildman–Crippen MR) is 126 cm³/mol. The minimum absolute atomic E-state index is 0.281. The van der Waals surface area contributed by atoms with Crippen molar-refractivity contribution >= 4 is 34.6 Å². The maximum Gasteiger partial charge on any atom is 0.335 e. The number of pyridine rings is 1. The van der Waals surface area contributed by atoms with Gasteiger partial charge in [-0.1, -0.05) is 13.0 Å². The first-order chi connectivity index (χ1) is 15.6. The molecular formula is C23H29N5O3S. The second-order valence-corrected chi connectivity index (χ2v) is 8.71. The van der Waals surface area contributed by atoms with Gasteiger partial charge in [-0.15, -0.1) is 0 Å². The largest absolute Gasteiger partial charge is 0.478 e. The fraction of sp³-hybridized carbons (Fsp3) is 0.435. The fourth-order valence-corrected chi connectivity index (χ4v) is 4.70. The molecule has 1 fully saturated rings. The fourth-order valence-electron chi connectivity index (χ4n) is 3.98. The van der Waals surface area contributed by atoms with Gasteiger partial charge in [-0.25, -0.2) is 14.5 Å². The summed E-state index contributed by atoms with van der Waals surface area (Å²) in [6.45, 7) is 7.09. The molecular weight excluding hydrogens is 426 g/mol. The highest BCUT2D eigenvalue weighted by Crippen LogP contribution is 2.32. The van der Waals surface area contributed by atoms with Gasteiger partial charge in [0.05, 0.1) is 22.8 Å². The Bertz CT molecular complexity index is 1090. The maximum absolute atomic E-state index is 11.3. The van der Waals surface area contributed by atoms with Crippen LogP contribution in [-0.4, -0.2) is 45.1 Å². The Kier molecular flexibility index (Phi) is 7.29. The molecule has 8 nitrogen and oxygen atoms in total. The molecule has 0 aliphatic carbocycles. The second-order valence-electron chi connectivity index (χ2n) is 7.75. The van der Waals surface area contributed by atoms with Crippen molar-refractivity contribution in [3.63, 3.8) is 0 Å². The summed E-state index contributed by atoms with van der Waals surface area (Å²) in [5.74, 6) is -0.925. The highest BCUT2D eigenvalue weighted by molar-refractivity contribution is 7.97. The number of aromatic nitrogens is 3. The van der Waals surface area contributed by atoms with E-state index >= 15 is 0 Å². The van der Waals surface area contributed by atoms with Crippen LogP contribution in [0.15, 0.2) is 35.4 Å². The Balaban J connectivity index is 1.63. The summed E-state index contributed by atoms with van der Waals surface area (Å²) in [5.41, 5.74) is 4.44. The molecule has 1 aliphatic rings. The van der Waals surface area contributed by atoms with Gasteiger partial charge in [0, 0.05) is 48.5 Å². The van der Waals surface area contributed by atoms with Crippen LogP contribution < -0.4 is 10.0 Å². The molecule has 1 aliphatic heterocycles. The van der Waals surface area contributed by atoms with E-state index in [1.54, 1.807) is 18.2 Å². The van der Waals surface area contributed by atoms with E-state index in [0.717, 1.165) is 71.9 Å². The number of benzene rings is 1. The van der Waals surface area contributed by atoms with Crippen LogP contribution >= 0.6 is 11.9 Å². The second kappa shape index (κ2) is 10.3. The molecule has 170 valence electrons. The number of ether oxygens (including phenoxy) is 1. The van der Waals surface area contributed by atoms with Crippen LogP contribution in [0.1, 0.15) is 48.3 Å². The molecule has 0 radical (unpaired) electrons. The van der Waals surface area contributed by atoms with E-state index in [1.807, 2.05) is 16.9 Å². The Labute approximate surface area is 191 Å². The summed E-state index contributed by atoms with van der Waals surface area (Å²) >= 11 is 1.43. The first-order valence-electron chi connectivity index (χ1n) is 11.0. The number of aryl methyl sites for hydroxylation is 2. The van der Waals surface area contributed by atoms with E-state index in [9.17, 15) is 9.90 Å². The summed E-state index contributed by atoms with van der Waals surface area (Å²) < 4.78 is 10.9. The summed E-state index contributed by atoms with van der Waals surface area (Å²) in [7, 11) is 0. The van der Waals surface area contributed by atoms with E-state index in [-0.39, 0.29) is 5.56 Å². The van der Waals surface area contributed by atoms with Crippen LogP contribution in [0.5, 0.6) is 0 Å². The van der Waals surface area contributed by atoms with Gasteiger partial charge in [0.15, 0.2) is 5.65 Å². The standard InChI is InChI=1S/C23H29N5O3S/c1-3-20-18(14-25-32-17-7-5-6-15(12-17)23(29)30)21(26-16-8-10-31-11-9-16)19-13-24-28(4-2)22(19)27-20/h5-7,12-13,16,25H,3-4,8-11,14H2,1-2H3,(H,26,27)(H,29,30). The Morgan fingerprint density at radius 2 is 2.12 bits per heavy atom. The zero-order valence-corrected chi connectivity index (χ0v) is 19.2. The van der Waals surface area contributed by atoms with Crippen molar-refractivity contribution in [3.8, 4) is 0 Å². The molecule has 3 heterocycles. The van der Waals surface area contributed by atoms with Crippen molar-refractivity contribution in [2.45, 2.75) is 57.1 Å². The molecule has 4 rings (SSSR count). The van der Waals surface area contributed by atoms with E-state index in [4.69, 9.17) is 9.72 Å². The van der Waals surface area contributed by atoms with Crippen molar-refractivity contribution in [1.82, 2.24) is 19.5 Å². The van der Waals surface area contributed by atoms with Gasteiger partial charge in [-0.2, -0.15) is 5.10 Å². The number of rotatable bonds is 9. The molecule has 0 atom stereocenters. The monoisotopic (exact) mass is 455 g/mol. The van der Waals surface area contributed by atoms with Crippen LogP contribution in [0.25, 0.3) is 11.0 Å². The number of anilines is 1. The summed E-state index contributed by atoms with van der Waals surface area (Å²) in [4.78, 5) is 17.1. The van der Waals surface area contributed by atoms with Crippen LogP contribution in [0.4, 0.5) is 5.69 Å². The van der Waals surface area contributed by atoms with E-state index in [2.05, 4.69) is 29.0 Å².